The predicted octanol–water partition coefficient (Wildman–Crippen LogP) is 5.77. The first-order valence-corrected chi connectivity index (χ1v) is 9.45. The van der Waals surface area contributed by atoms with Gasteiger partial charge in [-0.2, -0.15) is 4.98 Å². The molecule has 0 saturated heterocycles. The molecule has 140 valence electrons. The Labute approximate surface area is 165 Å². The average Bonchev–Trinajstić information content (AvgIpc) is 2.63. The van der Waals surface area contributed by atoms with Crippen LogP contribution < -0.4 is 15.5 Å². The molecule has 0 unspecified atom stereocenters. The molecule has 6 heteroatoms. The first-order chi connectivity index (χ1) is 13.1. The van der Waals surface area contributed by atoms with Gasteiger partial charge in [0, 0.05) is 46.9 Å². The average molecular weight is 382 g/mol. The molecule has 0 aliphatic carbocycles. The number of hydrogen-bond acceptors (Lipinski definition) is 5. The number of aryl methyl sites for hydroxylation is 1. The number of nitrogens with zero attached hydrogens (tertiary/aromatic N) is 3. The molecule has 3 rings (SSSR count). The quantitative estimate of drug-likeness (QED) is 0.544. The van der Waals surface area contributed by atoms with E-state index in [1.54, 1.807) is 0 Å². The van der Waals surface area contributed by atoms with Gasteiger partial charge in [0.2, 0.25) is 5.95 Å². The Hall–Kier alpha value is -2.79. The molecule has 27 heavy (non-hydrogen) atoms. The minimum absolute atomic E-state index is 0.527. The Morgan fingerprint density at radius 2 is 1.63 bits per heavy atom. The minimum Gasteiger partial charge on any atom is -0.372 e. The minimum atomic E-state index is 0.527. The van der Waals surface area contributed by atoms with E-state index >= 15 is 0 Å². The first-order valence-electron chi connectivity index (χ1n) is 9.07. The second-order valence-electron chi connectivity index (χ2n) is 6.20. The Morgan fingerprint density at radius 3 is 2.30 bits per heavy atom. The molecule has 0 saturated carbocycles. The normalized spacial score (nSPS) is 10.5. The van der Waals surface area contributed by atoms with E-state index in [4.69, 9.17) is 11.6 Å². The molecule has 0 aliphatic heterocycles. The fraction of sp³-hybridized carbons (Fsp3) is 0.238. The first kappa shape index (κ1) is 19.0. The number of anilines is 5. The van der Waals surface area contributed by atoms with Crippen molar-refractivity contribution in [3.63, 3.8) is 0 Å². The summed E-state index contributed by atoms with van der Waals surface area (Å²) in [4.78, 5) is 11.3. The van der Waals surface area contributed by atoms with Gasteiger partial charge in [0.25, 0.3) is 0 Å². The summed E-state index contributed by atoms with van der Waals surface area (Å²) in [7, 11) is 0. The van der Waals surface area contributed by atoms with E-state index in [1.165, 1.54) is 5.69 Å². The van der Waals surface area contributed by atoms with E-state index in [9.17, 15) is 0 Å². The summed E-state index contributed by atoms with van der Waals surface area (Å²) in [5.41, 5.74) is 3.92. The number of aromatic nitrogens is 2. The number of rotatable bonds is 7. The van der Waals surface area contributed by atoms with Crippen molar-refractivity contribution in [2.75, 3.05) is 28.6 Å². The van der Waals surface area contributed by atoms with Crippen molar-refractivity contribution in [1.82, 2.24) is 9.97 Å². The van der Waals surface area contributed by atoms with Crippen molar-refractivity contribution in [2.24, 2.45) is 0 Å². The standard InChI is InChI=1S/C21H24ClN5/c1-4-27(5-2)19-11-9-17(10-12-19)24-20-13-15(3)23-21(26-20)25-18-8-6-7-16(22)14-18/h6-14H,4-5H2,1-3H3,(H2,23,24,25,26). The van der Waals surface area contributed by atoms with Crippen LogP contribution >= 0.6 is 11.6 Å². The topological polar surface area (TPSA) is 53.1 Å². The van der Waals surface area contributed by atoms with Crippen LogP contribution in [0.25, 0.3) is 0 Å². The van der Waals surface area contributed by atoms with Crippen molar-refractivity contribution in [1.29, 1.82) is 0 Å². The molecule has 0 atom stereocenters. The maximum Gasteiger partial charge on any atom is 0.229 e. The lowest BCUT2D eigenvalue weighted by atomic mass is 10.2. The lowest BCUT2D eigenvalue weighted by Crippen LogP contribution is -2.21. The van der Waals surface area contributed by atoms with Crippen LogP contribution in [0.4, 0.5) is 28.8 Å². The molecule has 1 heterocycles. The van der Waals surface area contributed by atoms with Crippen LogP contribution in [0.3, 0.4) is 0 Å². The number of nitrogens with one attached hydrogen (secondary N) is 2. The highest BCUT2D eigenvalue weighted by molar-refractivity contribution is 6.30. The van der Waals surface area contributed by atoms with Gasteiger partial charge in [-0.05, 0) is 63.2 Å². The summed E-state index contributed by atoms with van der Waals surface area (Å²) in [5, 5.41) is 7.21. The third kappa shape index (κ3) is 5.11. The van der Waals surface area contributed by atoms with Crippen LogP contribution in [0.5, 0.6) is 0 Å². The molecule has 0 fully saturated rings. The van der Waals surface area contributed by atoms with E-state index in [2.05, 4.69) is 63.6 Å². The lowest BCUT2D eigenvalue weighted by Gasteiger charge is -2.21. The molecule has 1 aromatic heterocycles. The molecule has 0 aliphatic rings. The molecule has 5 nitrogen and oxygen atoms in total. The van der Waals surface area contributed by atoms with Crippen molar-refractivity contribution >= 4 is 40.4 Å². The maximum atomic E-state index is 6.04. The van der Waals surface area contributed by atoms with Crippen LogP contribution in [0.15, 0.2) is 54.6 Å². The van der Waals surface area contributed by atoms with Gasteiger partial charge >= 0.3 is 0 Å². The van der Waals surface area contributed by atoms with Gasteiger partial charge in [-0.3, -0.25) is 0 Å². The fourth-order valence-electron chi connectivity index (χ4n) is 2.88. The molecule has 2 aromatic carbocycles. The number of hydrogen-bond donors (Lipinski definition) is 2. The molecular weight excluding hydrogens is 358 g/mol. The molecule has 0 spiro atoms. The summed E-state index contributed by atoms with van der Waals surface area (Å²) in [5.74, 6) is 1.27. The van der Waals surface area contributed by atoms with Crippen LogP contribution in [-0.2, 0) is 0 Å². The van der Waals surface area contributed by atoms with Gasteiger partial charge < -0.3 is 15.5 Å². The van der Waals surface area contributed by atoms with Crippen LogP contribution in [0.1, 0.15) is 19.5 Å². The van der Waals surface area contributed by atoms with Crippen molar-refractivity contribution < 1.29 is 0 Å². The van der Waals surface area contributed by atoms with Gasteiger partial charge in [-0.15, -0.1) is 0 Å². The third-order valence-corrected chi connectivity index (χ3v) is 4.44. The summed E-state index contributed by atoms with van der Waals surface area (Å²) < 4.78 is 0. The zero-order valence-corrected chi connectivity index (χ0v) is 16.6. The van der Waals surface area contributed by atoms with Crippen molar-refractivity contribution in [2.45, 2.75) is 20.8 Å². The van der Waals surface area contributed by atoms with Crippen LogP contribution in [0, 0.1) is 6.92 Å². The molecule has 3 aromatic rings. The molecule has 0 radical (unpaired) electrons. The van der Waals surface area contributed by atoms with Crippen LogP contribution in [0.2, 0.25) is 5.02 Å². The number of benzene rings is 2. The second kappa shape index (κ2) is 8.73. The zero-order valence-electron chi connectivity index (χ0n) is 15.8. The van der Waals surface area contributed by atoms with Gasteiger partial charge in [0.15, 0.2) is 0 Å². The fourth-order valence-corrected chi connectivity index (χ4v) is 3.07. The van der Waals surface area contributed by atoms with Crippen molar-refractivity contribution in [3.05, 3.63) is 65.3 Å². The number of halogens is 1. The second-order valence-corrected chi connectivity index (χ2v) is 6.63. The highest BCUT2D eigenvalue weighted by atomic mass is 35.5. The molecule has 0 bridgehead atoms. The SMILES string of the molecule is CCN(CC)c1ccc(Nc2cc(C)nc(Nc3cccc(Cl)c3)n2)cc1. The van der Waals surface area contributed by atoms with E-state index in [1.807, 2.05) is 37.3 Å². The van der Waals surface area contributed by atoms with E-state index in [-0.39, 0.29) is 0 Å². The zero-order chi connectivity index (χ0) is 19.2. The smallest absolute Gasteiger partial charge is 0.229 e. The Bertz CT molecular complexity index is 891. The molecule has 0 amide bonds. The molecular formula is C21H24ClN5. The van der Waals surface area contributed by atoms with Gasteiger partial charge in [0.1, 0.15) is 5.82 Å². The van der Waals surface area contributed by atoms with Crippen molar-refractivity contribution in [3.8, 4) is 0 Å². The summed E-state index contributed by atoms with van der Waals surface area (Å²) >= 11 is 6.04. The lowest BCUT2D eigenvalue weighted by molar-refractivity contribution is 0.866. The Kier molecular flexibility index (Phi) is 6.14. The van der Waals surface area contributed by atoms with E-state index < -0.39 is 0 Å². The molecule has 2 N–H and O–H groups in total. The third-order valence-electron chi connectivity index (χ3n) is 4.20. The Balaban J connectivity index is 1.76. The van der Waals surface area contributed by atoms with E-state index in [0.29, 0.717) is 11.0 Å². The largest absolute Gasteiger partial charge is 0.372 e. The summed E-state index contributed by atoms with van der Waals surface area (Å²) in [6.45, 7) is 8.25. The summed E-state index contributed by atoms with van der Waals surface area (Å²) in [6, 6.07) is 17.8. The van der Waals surface area contributed by atoms with Crippen LogP contribution in [-0.4, -0.2) is 23.1 Å². The van der Waals surface area contributed by atoms with E-state index in [0.717, 1.165) is 36.0 Å². The summed E-state index contributed by atoms with van der Waals surface area (Å²) in [6.07, 6.45) is 0. The van der Waals surface area contributed by atoms with Gasteiger partial charge in [0.05, 0.1) is 0 Å². The van der Waals surface area contributed by atoms with Gasteiger partial charge in [-0.25, -0.2) is 4.98 Å². The monoisotopic (exact) mass is 381 g/mol. The predicted molar refractivity (Wildman–Crippen MR) is 115 cm³/mol. The highest BCUT2D eigenvalue weighted by Crippen LogP contribution is 2.23. The van der Waals surface area contributed by atoms with Gasteiger partial charge in [-0.1, -0.05) is 17.7 Å². The Morgan fingerprint density at radius 1 is 0.889 bits per heavy atom. The highest BCUT2D eigenvalue weighted by Gasteiger charge is 2.05. The maximum absolute atomic E-state index is 6.04.